The molecule has 0 aliphatic carbocycles. The molecule has 0 spiro atoms. The van der Waals surface area contributed by atoms with E-state index in [9.17, 15) is 9.90 Å². The third-order valence-corrected chi connectivity index (χ3v) is 3.11. The molecule has 0 saturated carbocycles. The van der Waals surface area contributed by atoms with E-state index >= 15 is 0 Å². The van der Waals surface area contributed by atoms with Crippen LogP contribution < -0.4 is 5.32 Å². The Morgan fingerprint density at radius 1 is 1.53 bits per heavy atom. The number of nitrogens with one attached hydrogen (secondary N) is 1. The van der Waals surface area contributed by atoms with Gasteiger partial charge in [-0.05, 0) is 25.8 Å². The molecule has 0 aromatic carbocycles. The molecule has 1 unspecified atom stereocenters. The van der Waals surface area contributed by atoms with Gasteiger partial charge in [-0.2, -0.15) is 0 Å². The van der Waals surface area contributed by atoms with Gasteiger partial charge in [-0.1, -0.05) is 13.8 Å². The van der Waals surface area contributed by atoms with Crippen LogP contribution in [0.1, 0.15) is 33.1 Å². The second-order valence-electron chi connectivity index (χ2n) is 4.18. The standard InChI is InChI=1S/C12H21N3O2/c1-3-12(11(16)17,14-4-2)6-5-8-15-9-7-13-10-15/h7,9-10,14H,3-6,8H2,1-2H3,(H,16,17). The topological polar surface area (TPSA) is 67.2 Å². The van der Waals surface area contributed by atoms with E-state index in [0.29, 0.717) is 19.4 Å². The second-order valence-corrected chi connectivity index (χ2v) is 4.18. The third-order valence-electron chi connectivity index (χ3n) is 3.11. The number of carbonyl (C=O) groups is 1. The lowest BCUT2D eigenvalue weighted by atomic mass is 9.90. The lowest BCUT2D eigenvalue weighted by molar-refractivity contribution is -0.145. The van der Waals surface area contributed by atoms with Gasteiger partial charge in [0.1, 0.15) is 5.54 Å². The van der Waals surface area contributed by atoms with Gasteiger partial charge in [0.15, 0.2) is 0 Å². The van der Waals surface area contributed by atoms with Gasteiger partial charge in [-0.3, -0.25) is 4.79 Å². The Hall–Kier alpha value is -1.36. The summed E-state index contributed by atoms with van der Waals surface area (Å²) in [6.45, 7) is 5.32. The highest BCUT2D eigenvalue weighted by Crippen LogP contribution is 2.18. The maximum atomic E-state index is 11.4. The van der Waals surface area contributed by atoms with E-state index in [1.165, 1.54) is 0 Å². The van der Waals surface area contributed by atoms with Gasteiger partial charge < -0.3 is 15.0 Å². The molecule has 2 N–H and O–H groups in total. The van der Waals surface area contributed by atoms with Gasteiger partial charge in [0, 0.05) is 18.9 Å². The Bertz CT molecular complexity index is 338. The molecule has 0 aliphatic heterocycles. The molecule has 0 saturated heterocycles. The molecule has 1 heterocycles. The highest BCUT2D eigenvalue weighted by Gasteiger charge is 2.34. The molecule has 0 aliphatic rings. The number of aliphatic carboxylic acids is 1. The summed E-state index contributed by atoms with van der Waals surface area (Å²) < 4.78 is 1.97. The van der Waals surface area contributed by atoms with Crippen molar-refractivity contribution >= 4 is 5.97 Å². The number of aromatic nitrogens is 2. The van der Waals surface area contributed by atoms with Crippen LogP contribution in [0.25, 0.3) is 0 Å². The van der Waals surface area contributed by atoms with Crippen LogP contribution in [0.5, 0.6) is 0 Å². The molecule has 0 amide bonds. The molecule has 1 aromatic rings. The van der Waals surface area contributed by atoms with Crippen molar-refractivity contribution in [3.05, 3.63) is 18.7 Å². The summed E-state index contributed by atoms with van der Waals surface area (Å²) in [6.07, 6.45) is 7.42. The number of carboxylic acid groups (broad SMARTS) is 1. The Balaban J connectivity index is 2.51. The smallest absolute Gasteiger partial charge is 0.323 e. The Morgan fingerprint density at radius 3 is 2.76 bits per heavy atom. The Kier molecular flexibility index (Phi) is 5.15. The van der Waals surface area contributed by atoms with E-state index in [-0.39, 0.29) is 0 Å². The van der Waals surface area contributed by atoms with Crippen LogP contribution in [0.3, 0.4) is 0 Å². The number of carboxylic acids is 1. The molecule has 0 fully saturated rings. The van der Waals surface area contributed by atoms with E-state index < -0.39 is 11.5 Å². The number of hydrogen-bond donors (Lipinski definition) is 2. The second kappa shape index (κ2) is 6.39. The minimum atomic E-state index is -0.782. The third kappa shape index (κ3) is 3.56. The fourth-order valence-corrected chi connectivity index (χ4v) is 2.04. The van der Waals surface area contributed by atoms with Crippen molar-refractivity contribution < 1.29 is 9.90 Å². The first kappa shape index (κ1) is 13.7. The lowest BCUT2D eigenvalue weighted by Gasteiger charge is -2.29. The van der Waals surface area contributed by atoms with Gasteiger partial charge in [0.05, 0.1) is 6.33 Å². The first-order valence-corrected chi connectivity index (χ1v) is 6.08. The summed E-state index contributed by atoms with van der Waals surface area (Å²) in [5.41, 5.74) is -0.782. The summed E-state index contributed by atoms with van der Waals surface area (Å²) in [5, 5.41) is 12.4. The zero-order chi connectivity index (χ0) is 12.7. The zero-order valence-electron chi connectivity index (χ0n) is 10.5. The van der Waals surface area contributed by atoms with Gasteiger partial charge >= 0.3 is 5.97 Å². The average molecular weight is 239 g/mol. The van der Waals surface area contributed by atoms with Crippen molar-refractivity contribution in [1.29, 1.82) is 0 Å². The SMILES string of the molecule is CCNC(CC)(CCCn1ccnc1)C(=O)O. The van der Waals surface area contributed by atoms with Crippen LogP contribution >= 0.6 is 0 Å². The molecule has 1 atom stereocenters. The minimum Gasteiger partial charge on any atom is -0.480 e. The maximum absolute atomic E-state index is 11.4. The van der Waals surface area contributed by atoms with Crippen molar-refractivity contribution in [2.24, 2.45) is 0 Å². The molecule has 1 aromatic heterocycles. The first-order valence-electron chi connectivity index (χ1n) is 6.08. The van der Waals surface area contributed by atoms with E-state index in [1.807, 2.05) is 24.6 Å². The van der Waals surface area contributed by atoms with E-state index in [4.69, 9.17) is 0 Å². The minimum absolute atomic E-state index is 0.597. The number of rotatable bonds is 8. The predicted molar refractivity (Wildman–Crippen MR) is 65.8 cm³/mol. The normalized spacial score (nSPS) is 14.5. The number of aryl methyl sites for hydroxylation is 1. The van der Waals surface area contributed by atoms with Crippen LogP contribution in [0.2, 0.25) is 0 Å². The van der Waals surface area contributed by atoms with Crippen molar-refractivity contribution in [2.45, 2.75) is 45.2 Å². The largest absolute Gasteiger partial charge is 0.480 e. The van der Waals surface area contributed by atoms with Crippen LogP contribution in [0, 0.1) is 0 Å². The fourth-order valence-electron chi connectivity index (χ4n) is 2.04. The highest BCUT2D eigenvalue weighted by atomic mass is 16.4. The first-order chi connectivity index (χ1) is 8.14. The van der Waals surface area contributed by atoms with E-state index in [2.05, 4.69) is 10.3 Å². The number of likely N-dealkylation sites (N-methyl/N-ethyl adjacent to an activating group) is 1. The van der Waals surface area contributed by atoms with Crippen LogP contribution in [-0.4, -0.2) is 32.7 Å². The molecular weight excluding hydrogens is 218 g/mol. The van der Waals surface area contributed by atoms with Crippen LogP contribution in [0.15, 0.2) is 18.7 Å². The predicted octanol–water partition coefficient (Wildman–Crippen LogP) is 1.51. The molecule has 96 valence electrons. The average Bonchev–Trinajstić information content (AvgIpc) is 2.80. The van der Waals surface area contributed by atoms with Gasteiger partial charge in [0.25, 0.3) is 0 Å². The molecule has 17 heavy (non-hydrogen) atoms. The summed E-state index contributed by atoms with van der Waals surface area (Å²) in [7, 11) is 0. The summed E-state index contributed by atoms with van der Waals surface area (Å²) >= 11 is 0. The highest BCUT2D eigenvalue weighted by molar-refractivity contribution is 5.78. The lowest BCUT2D eigenvalue weighted by Crippen LogP contribution is -2.51. The van der Waals surface area contributed by atoms with Crippen molar-refractivity contribution in [3.8, 4) is 0 Å². The van der Waals surface area contributed by atoms with E-state index in [1.54, 1.807) is 12.5 Å². The van der Waals surface area contributed by atoms with Crippen molar-refractivity contribution in [1.82, 2.24) is 14.9 Å². The summed E-state index contributed by atoms with van der Waals surface area (Å²) in [4.78, 5) is 15.3. The monoisotopic (exact) mass is 239 g/mol. The van der Waals surface area contributed by atoms with Gasteiger partial charge in [-0.15, -0.1) is 0 Å². The Labute approximate surface area is 102 Å². The van der Waals surface area contributed by atoms with Gasteiger partial charge in [0.2, 0.25) is 0 Å². The Morgan fingerprint density at radius 2 is 2.29 bits per heavy atom. The molecule has 5 heteroatoms. The zero-order valence-corrected chi connectivity index (χ0v) is 10.5. The number of nitrogens with zero attached hydrogens (tertiary/aromatic N) is 2. The molecule has 5 nitrogen and oxygen atoms in total. The van der Waals surface area contributed by atoms with Gasteiger partial charge in [-0.25, -0.2) is 4.98 Å². The molecular formula is C12H21N3O2. The molecule has 0 radical (unpaired) electrons. The van der Waals surface area contributed by atoms with E-state index in [0.717, 1.165) is 13.0 Å². The number of imidazole rings is 1. The summed E-state index contributed by atoms with van der Waals surface area (Å²) in [5.74, 6) is -0.757. The van der Waals surface area contributed by atoms with Crippen LogP contribution in [0.4, 0.5) is 0 Å². The summed E-state index contributed by atoms with van der Waals surface area (Å²) in [6, 6.07) is 0. The maximum Gasteiger partial charge on any atom is 0.323 e. The van der Waals surface area contributed by atoms with Crippen molar-refractivity contribution in [3.63, 3.8) is 0 Å². The van der Waals surface area contributed by atoms with Crippen molar-refractivity contribution in [2.75, 3.05) is 6.54 Å². The van der Waals surface area contributed by atoms with Crippen LogP contribution in [-0.2, 0) is 11.3 Å². The number of hydrogen-bond acceptors (Lipinski definition) is 3. The molecule has 0 bridgehead atoms. The fraction of sp³-hybridized carbons (Fsp3) is 0.667. The molecule has 1 rings (SSSR count). The quantitative estimate of drug-likeness (QED) is 0.721.